The van der Waals surface area contributed by atoms with Gasteiger partial charge in [0.1, 0.15) is 0 Å². The molecule has 0 aromatic heterocycles. The summed E-state index contributed by atoms with van der Waals surface area (Å²) in [4.78, 5) is 13.3. The van der Waals surface area contributed by atoms with Gasteiger partial charge in [-0.15, -0.1) is 11.8 Å². The first kappa shape index (κ1) is 12.5. The second-order valence-electron chi connectivity index (χ2n) is 4.34. The van der Waals surface area contributed by atoms with E-state index in [2.05, 4.69) is 10.6 Å². The predicted octanol–water partition coefficient (Wildman–Crippen LogP) is 1.81. The van der Waals surface area contributed by atoms with Crippen molar-refractivity contribution in [1.82, 2.24) is 10.6 Å². The van der Waals surface area contributed by atoms with Gasteiger partial charge in [0.2, 0.25) is 0 Å². The molecular weight excluding hydrogens is 232 g/mol. The number of aryl methyl sites for hydroxylation is 1. The van der Waals surface area contributed by atoms with Crippen molar-refractivity contribution in [2.24, 2.45) is 0 Å². The summed E-state index contributed by atoms with van der Waals surface area (Å²) in [5, 5.41) is 6.32. The normalized spacial score (nSPS) is 19.3. The van der Waals surface area contributed by atoms with Crippen LogP contribution < -0.4 is 10.6 Å². The number of benzene rings is 1. The summed E-state index contributed by atoms with van der Waals surface area (Å²) in [6, 6.07) is 6.30. The van der Waals surface area contributed by atoms with E-state index >= 15 is 0 Å². The van der Waals surface area contributed by atoms with Crippen molar-refractivity contribution in [2.75, 3.05) is 19.3 Å². The summed E-state index contributed by atoms with van der Waals surface area (Å²) in [5.74, 6) is 0.0482. The first-order valence-corrected chi connectivity index (χ1v) is 7.09. The van der Waals surface area contributed by atoms with Crippen LogP contribution in [0.15, 0.2) is 23.1 Å². The Labute approximate surface area is 106 Å². The summed E-state index contributed by atoms with van der Waals surface area (Å²) in [5.41, 5.74) is 1.83. The second-order valence-corrected chi connectivity index (χ2v) is 5.22. The smallest absolute Gasteiger partial charge is 0.251 e. The SMILES string of the molecule is CSc1ccc(C)c(C(=O)NC2CCNC2)c1. The zero-order chi connectivity index (χ0) is 12.3. The molecule has 0 aliphatic carbocycles. The van der Waals surface area contributed by atoms with Gasteiger partial charge in [-0.3, -0.25) is 4.79 Å². The van der Waals surface area contributed by atoms with Crippen LogP contribution in [0.3, 0.4) is 0 Å². The summed E-state index contributed by atoms with van der Waals surface area (Å²) in [6.07, 6.45) is 3.04. The predicted molar refractivity (Wildman–Crippen MR) is 71.7 cm³/mol. The topological polar surface area (TPSA) is 41.1 Å². The van der Waals surface area contributed by atoms with Gasteiger partial charge < -0.3 is 10.6 Å². The molecule has 0 radical (unpaired) electrons. The highest BCUT2D eigenvalue weighted by Gasteiger charge is 2.18. The van der Waals surface area contributed by atoms with Gasteiger partial charge in [-0.05, 0) is 43.8 Å². The molecule has 0 bridgehead atoms. The van der Waals surface area contributed by atoms with E-state index in [0.29, 0.717) is 0 Å². The van der Waals surface area contributed by atoms with Crippen molar-refractivity contribution in [3.63, 3.8) is 0 Å². The minimum Gasteiger partial charge on any atom is -0.348 e. The zero-order valence-corrected chi connectivity index (χ0v) is 11.1. The Morgan fingerprint density at radius 1 is 1.53 bits per heavy atom. The van der Waals surface area contributed by atoms with Crippen molar-refractivity contribution in [3.05, 3.63) is 29.3 Å². The van der Waals surface area contributed by atoms with Gasteiger partial charge >= 0.3 is 0 Å². The summed E-state index contributed by atoms with van der Waals surface area (Å²) < 4.78 is 0. The molecule has 0 saturated carbocycles. The second kappa shape index (κ2) is 5.56. The average molecular weight is 250 g/mol. The van der Waals surface area contributed by atoms with Crippen LogP contribution >= 0.6 is 11.8 Å². The highest BCUT2D eigenvalue weighted by molar-refractivity contribution is 7.98. The van der Waals surface area contributed by atoms with Crippen LogP contribution in [-0.4, -0.2) is 31.3 Å². The molecule has 1 amide bonds. The third-order valence-electron chi connectivity index (χ3n) is 3.08. The number of rotatable bonds is 3. The highest BCUT2D eigenvalue weighted by atomic mass is 32.2. The summed E-state index contributed by atoms with van der Waals surface area (Å²) in [6.45, 7) is 3.85. The van der Waals surface area contributed by atoms with Crippen molar-refractivity contribution >= 4 is 17.7 Å². The molecule has 1 aliphatic heterocycles. The van der Waals surface area contributed by atoms with Crippen molar-refractivity contribution in [2.45, 2.75) is 24.3 Å². The van der Waals surface area contributed by atoms with Gasteiger partial charge in [0.25, 0.3) is 5.91 Å². The van der Waals surface area contributed by atoms with Crippen molar-refractivity contribution in [1.29, 1.82) is 0 Å². The first-order valence-electron chi connectivity index (χ1n) is 5.87. The molecule has 1 aliphatic rings. The minimum atomic E-state index is 0.0482. The van der Waals surface area contributed by atoms with E-state index in [1.807, 2.05) is 31.4 Å². The molecule has 92 valence electrons. The van der Waals surface area contributed by atoms with E-state index in [9.17, 15) is 4.79 Å². The summed E-state index contributed by atoms with van der Waals surface area (Å²) >= 11 is 1.66. The Morgan fingerprint density at radius 3 is 3.00 bits per heavy atom. The van der Waals surface area contributed by atoms with E-state index < -0.39 is 0 Å². The highest BCUT2D eigenvalue weighted by Crippen LogP contribution is 2.19. The van der Waals surface area contributed by atoms with Crippen LogP contribution in [0.5, 0.6) is 0 Å². The molecule has 0 spiro atoms. The van der Waals surface area contributed by atoms with Crippen molar-refractivity contribution in [3.8, 4) is 0 Å². The molecule has 2 N–H and O–H groups in total. The largest absolute Gasteiger partial charge is 0.348 e. The third kappa shape index (κ3) is 3.01. The maximum absolute atomic E-state index is 12.1. The van der Waals surface area contributed by atoms with Crippen LogP contribution in [0.2, 0.25) is 0 Å². The standard InChI is InChI=1S/C13H18N2OS/c1-9-3-4-11(17-2)7-12(9)13(16)15-10-5-6-14-8-10/h3-4,7,10,14H,5-6,8H2,1-2H3,(H,15,16). The van der Waals surface area contributed by atoms with Crippen LogP contribution in [0, 0.1) is 6.92 Å². The molecule has 17 heavy (non-hydrogen) atoms. The van der Waals surface area contributed by atoms with E-state index in [-0.39, 0.29) is 11.9 Å². The molecule has 2 rings (SSSR count). The Bertz CT molecular complexity index is 414. The molecule has 1 atom stereocenters. The Hall–Kier alpha value is -1.00. The van der Waals surface area contributed by atoms with Gasteiger partial charge in [-0.25, -0.2) is 0 Å². The van der Waals surface area contributed by atoms with E-state index in [0.717, 1.165) is 35.5 Å². The Morgan fingerprint density at radius 2 is 2.35 bits per heavy atom. The Balaban J connectivity index is 2.11. The maximum Gasteiger partial charge on any atom is 0.251 e. The quantitative estimate of drug-likeness (QED) is 0.804. The number of carbonyl (C=O) groups excluding carboxylic acids is 1. The summed E-state index contributed by atoms with van der Waals surface area (Å²) in [7, 11) is 0. The maximum atomic E-state index is 12.1. The number of hydrogen-bond donors (Lipinski definition) is 2. The fraction of sp³-hybridized carbons (Fsp3) is 0.462. The van der Waals surface area contributed by atoms with Crippen LogP contribution in [-0.2, 0) is 0 Å². The number of amides is 1. The molecule has 1 aromatic carbocycles. The van der Waals surface area contributed by atoms with Crippen LogP contribution in [0.1, 0.15) is 22.3 Å². The average Bonchev–Trinajstić information content (AvgIpc) is 2.82. The molecule has 3 nitrogen and oxygen atoms in total. The monoisotopic (exact) mass is 250 g/mol. The number of hydrogen-bond acceptors (Lipinski definition) is 3. The fourth-order valence-electron chi connectivity index (χ4n) is 2.01. The van der Waals surface area contributed by atoms with Gasteiger partial charge in [0.15, 0.2) is 0 Å². The zero-order valence-electron chi connectivity index (χ0n) is 10.2. The lowest BCUT2D eigenvalue weighted by molar-refractivity contribution is 0.0939. The molecular formula is C13H18N2OS. The molecule has 4 heteroatoms. The molecule has 1 fully saturated rings. The van der Waals surface area contributed by atoms with E-state index in [1.54, 1.807) is 11.8 Å². The van der Waals surface area contributed by atoms with Gasteiger partial charge in [0, 0.05) is 23.0 Å². The molecule has 1 aromatic rings. The first-order chi connectivity index (χ1) is 8.20. The number of thioether (sulfide) groups is 1. The minimum absolute atomic E-state index is 0.0482. The number of nitrogens with one attached hydrogen (secondary N) is 2. The van der Waals surface area contributed by atoms with E-state index in [4.69, 9.17) is 0 Å². The van der Waals surface area contributed by atoms with Gasteiger partial charge in [0.05, 0.1) is 0 Å². The van der Waals surface area contributed by atoms with Crippen LogP contribution in [0.4, 0.5) is 0 Å². The molecule has 1 heterocycles. The molecule has 1 unspecified atom stereocenters. The van der Waals surface area contributed by atoms with E-state index in [1.165, 1.54) is 0 Å². The van der Waals surface area contributed by atoms with Gasteiger partial charge in [-0.1, -0.05) is 6.07 Å². The lowest BCUT2D eigenvalue weighted by Crippen LogP contribution is -2.36. The molecule has 1 saturated heterocycles. The number of carbonyl (C=O) groups is 1. The third-order valence-corrected chi connectivity index (χ3v) is 3.81. The van der Waals surface area contributed by atoms with Gasteiger partial charge in [-0.2, -0.15) is 0 Å². The van der Waals surface area contributed by atoms with Crippen LogP contribution in [0.25, 0.3) is 0 Å². The fourth-order valence-corrected chi connectivity index (χ4v) is 2.45. The lowest BCUT2D eigenvalue weighted by Gasteiger charge is -2.13. The lowest BCUT2D eigenvalue weighted by atomic mass is 10.1. The van der Waals surface area contributed by atoms with Crippen molar-refractivity contribution < 1.29 is 4.79 Å². The Kier molecular flexibility index (Phi) is 4.07.